The molecule has 0 aliphatic carbocycles. The smallest absolute Gasteiger partial charge is 0.0544 e. The maximum Gasteiger partial charge on any atom is 0.0544 e. The van der Waals surface area contributed by atoms with Crippen molar-refractivity contribution in [2.75, 3.05) is 19.7 Å². The van der Waals surface area contributed by atoms with Crippen LogP contribution in [0.1, 0.15) is 287 Å². The van der Waals surface area contributed by atoms with Gasteiger partial charge in [-0.25, -0.2) is 0 Å². The Morgan fingerprint density at radius 3 is 0.820 bits per heavy atom. The lowest BCUT2D eigenvalue weighted by Gasteiger charge is -2.09. The van der Waals surface area contributed by atoms with Gasteiger partial charge >= 0.3 is 0 Å². The lowest BCUT2D eigenvalue weighted by atomic mass is 10.2. The van der Waals surface area contributed by atoms with E-state index >= 15 is 0 Å². The van der Waals surface area contributed by atoms with Crippen LogP contribution in [0.25, 0.3) is 0 Å². The third-order valence-corrected chi connectivity index (χ3v) is 5.64. The number of hydrogen-bond acceptors (Lipinski definition) is 2. The fraction of sp³-hybridized carbons (Fsp3) is 1.00. The number of nitrogens with one attached hydrogen (secondary N) is 1. The maximum absolute atomic E-state index is 5.57. The van der Waals surface area contributed by atoms with Crippen molar-refractivity contribution in [1.29, 1.82) is 0 Å². The Morgan fingerprint density at radius 1 is 0.360 bits per heavy atom. The van der Waals surface area contributed by atoms with Crippen molar-refractivity contribution >= 4 is 0 Å². The first-order valence-electron chi connectivity index (χ1n) is 23.3. The molecule has 0 heterocycles. The summed E-state index contributed by atoms with van der Waals surface area (Å²) in [5.74, 6) is 0.833. The highest BCUT2D eigenvalue weighted by molar-refractivity contribution is 4.50. The average Bonchev–Trinajstić information content (AvgIpc) is 3.12. The second-order valence-electron chi connectivity index (χ2n) is 13.2. The SMILES string of the molecule is CC.CC.CC(C)C.CCC.CCC.CCC.CCCC.CCCC.CCCCCCCO[C@@H](C)CC.CCCCCCNCCCCCC. The van der Waals surface area contributed by atoms with Crippen LogP contribution in [0, 0.1) is 5.92 Å². The van der Waals surface area contributed by atoms with E-state index in [9.17, 15) is 0 Å². The fourth-order valence-electron chi connectivity index (χ4n) is 2.59. The maximum atomic E-state index is 5.57. The van der Waals surface area contributed by atoms with E-state index in [0.717, 1.165) is 18.9 Å². The highest BCUT2D eigenvalue weighted by Gasteiger charge is 1.96. The van der Waals surface area contributed by atoms with E-state index in [1.54, 1.807) is 0 Å². The number of unbranched alkanes of at least 4 members (excludes halogenated alkanes) is 12. The molecule has 0 aromatic heterocycles. The van der Waals surface area contributed by atoms with Gasteiger partial charge in [0.1, 0.15) is 0 Å². The van der Waals surface area contributed by atoms with Gasteiger partial charge in [-0.05, 0) is 51.6 Å². The Balaban J connectivity index is -0.0000000489. The van der Waals surface area contributed by atoms with Crippen LogP contribution < -0.4 is 5.32 Å². The third-order valence-electron chi connectivity index (χ3n) is 5.64. The minimum atomic E-state index is 0.455. The molecule has 0 aliphatic heterocycles. The molecule has 0 aromatic carbocycles. The van der Waals surface area contributed by atoms with E-state index in [2.05, 4.69) is 130 Å². The molecule has 0 unspecified atom stereocenters. The summed E-state index contributed by atoms with van der Waals surface area (Å²) in [4.78, 5) is 0. The summed E-state index contributed by atoms with van der Waals surface area (Å²) in [6, 6.07) is 0. The molecule has 0 spiro atoms. The molecular weight excluding hydrogens is 607 g/mol. The molecule has 0 rings (SSSR count). The molecule has 1 atom stereocenters. The number of ether oxygens (including phenoxy) is 1. The lowest BCUT2D eigenvalue weighted by Crippen LogP contribution is -2.16. The molecule has 0 aliphatic rings. The monoisotopic (exact) mass is 724 g/mol. The van der Waals surface area contributed by atoms with E-state index in [4.69, 9.17) is 4.74 Å². The zero-order valence-corrected chi connectivity index (χ0v) is 41.0. The summed E-state index contributed by atoms with van der Waals surface area (Å²) in [6.07, 6.45) is 28.3. The standard InChI is InChI=1S/C12H27N.C11H24O.3C4H10.3C3H8.2C2H6/c1-3-5-7-9-11-13-12-10-8-6-4-2;1-4-6-7-8-9-10-12-11(3)5-2;1-4(2)3;2*1-3-4-2;3*1-3-2;2*1-2/h13H,3-12H2,1-2H3;11H,4-10H2,1-3H3;4H,1-3H3;2*3-4H2,1-2H3;3*3H2,1-2H3;2*1-2H3/t;11-;;;;;;;;/m.0......../s1. The van der Waals surface area contributed by atoms with Crippen LogP contribution in [0.15, 0.2) is 0 Å². The van der Waals surface area contributed by atoms with Crippen LogP contribution in [-0.2, 0) is 4.74 Å². The van der Waals surface area contributed by atoms with Crippen molar-refractivity contribution in [3.8, 4) is 0 Å². The largest absolute Gasteiger partial charge is 0.379 e. The van der Waals surface area contributed by atoms with Crippen molar-refractivity contribution < 1.29 is 4.74 Å². The summed E-state index contributed by atoms with van der Waals surface area (Å²) < 4.78 is 5.57. The molecule has 2 nitrogen and oxygen atoms in total. The van der Waals surface area contributed by atoms with Crippen LogP contribution in [-0.4, -0.2) is 25.8 Å². The molecule has 50 heavy (non-hydrogen) atoms. The summed E-state index contributed by atoms with van der Waals surface area (Å²) in [7, 11) is 0. The lowest BCUT2D eigenvalue weighted by molar-refractivity contribution is 0.0608. The molecule has 2 heteroatoms. The Kier molecular flexibility index (Phi) is 165. The highest BCUT2D eigenvalue weighted by atomic mass is 16.5. The second-order valence-corrected chi connectivity index (χ2v) is 13.2. The summed E-state index contributed by atoms with van der Waals surface area (Å²) in [5, 5.41) is 3.50. The van der Waals surface area contributed by atoms with Crippen LogP contribution in [0.3, 0.4) is 0 Å². The van der Waals surface area contributed by atoms with Crippen molar-refractivity contribution in [2.24, 2.45) is 5.92 Å². The second kappa shape index (κ2) is 110. The molecule has 0 saturated heterocycles. The summed E-state index contributed by atoms with van der Waals surface area (Å²) in [6.45, 7) is 50.5. The van der Waals surface area contributed by atoms with Crippen molar-refractivity contribution in [3.05, 3.63) is 0 Å². The van der Waals surface area contributed by atoms with Crippen LogP contribution >= 0.6 is 0 Å². The van der Waals surface area contributed by atoms with E-state index in [1.165, 1.54) is 142 Å². The molecule has 0 fully saturated rings. The van der Waals surface area contributed by atoms with Gasteiger partial charge in [-0.2, -0.15) is 0 Å². The predicted molar refractivity (Wildman–Crippen MR) is 248 cm³/mol. The summed E-state index contributed by atoms with van der Waals surface area (Å²) in [5.41, 5.74) is 0. The van der Waals surface area contributed by atoms with E-state index in [-0.39, 0.29) is 0 Å². The van der Waals surface area contributed by atoms with Gasteiger partial charge in [-0.15, -0.1) is 0 Å². The van der Waals surface area contributed by atoms with Crippen molar-refractivity contribution in [1.82, 2.24) is 5.32 Å². The van der Waals surface area contributed by atoms with Crippen LogP contribution in [0.4, 0.5) is 0 Å². The molecule has 0 amide bonds. The average molecular weight is 724 g/mol. The Hall–Kier alpha value is -0.0800. The van der Waals surface area contributed by atoms with Gasteiger partial charge in [0, 0.05) is 6.61 Å². The Morgan fingerprint density at radius 2 is 0.600 bits per heavy atom. The number of hydrogen-bond donors (Lipinski definition) is 1. The topological polar surface area (TPSA) is 21.3 Å². The summed E-state index contributed by atoms with van der Waals surface area (Å²) >= 11 is 0. The Labute approximate surface area is 328 Å². The molecule has 0 aromatic rings. The quantitative estimate of drug-likeness (QED) is 0.126. The van der Waals surface area contributed by atoms with Crippen molar-refractivity contribution in [2.45, 2.75) is 293 Å². The normalized spacial score (nSPS) is 9.18. The van der Waals surface area contributed by atoms with Crippen LogP contribution in [0.5, 0.6) is 0 Å². The van der Waals surface area contributed by atoms with Gasteiger partial charge in [-0.1, -0.05) is 255 Å². The van der Waals surface area contributed by atoms with Gasteiger partial charge < -0.3 is 10.1 Å². The minimum Gasteiger partial charge on any atom is -0.379 e. The first kappa shape index (κ1) is 75.0. The fourth-order valence-corrected chi connectivity index (χ4v) is 2.59. The van der Waals surface area contributed by atoms with E-state index in [1.807, 2.05) is 27.7 Å². The Bertz CT molecular complexity index is 307. The zero-order chi connectivity index (χ0) is 41.5. The van der Waals surface area contributed by atoms with Gasteiger partial charge in [0.15, 0.2) is 0 Å². The van der Waals surface area contributed by atoms with E-state index < -0.39 is 0 Å². The van der Waals surface area contributed by atoms with E-state index in [0.29, 0.717) is 6.10 Å². The first-order chi connectivity index (χ1) is 24.0. The highest BCUT2D eigenvalue weighted by Crippen LogP contribution is 2.04. The molecule has 1 N–H and O–H groups in total. The van der Waals surface area contributed by atoms with Gasteiger partial charge in [0.2, 0.25) is 0 Å². The van der Waals surface area contributed by atoms with Gasteiger partial charge in [0.05, 0.1) is 6.10 Å². The molecular formula is C48H117NO. The van der Waals surface area contributed by atoms with Gasteiger partial charge in [-0.3, -0.25) is 0 Å². The third kappa shape index (κ3) is 220. The molecule has 0 radical (unpaired) electrons. The number of rotatable bonds is 20. The van der Waals surface area contributed by atoms with Gasteiger partial charge in [0.25, 0.3) is 0 Å². The van der Waals surface area contributed by atoms with Crippen molar-refractivity contribution in [3.63, 3.8) is 0 Å². The predicted octanol–water partition coefficient (Wildman–Crippen LogP) is 19.1. The minimum absolute atomic E-state index is 0.455. The van der Waals surface area contributed by atoms with Crippen LogP contribution in [0.2, 0.25) is 0 Å². The first-order valence-corrected chi connectivity index (χ1v) is 23.3. The molecule has 0 bridgehead atoms. The molecule has 320 valence electrons. The molecule has 0 saturated carbocycles. The zero-order valence-electron chi connectivity index (χ0n) is 41.0.